The van der Waals surface area contributed by atoms with Crippen molar-refractivity contribution in [1.82, 2.24) is 24.6 Å². The second-order valence-corrected chi connectivity index (χ2v) is 7.93. The molecule has 0 unspecified atom stereocenters. The lowest BCUT2D eigenvalue weighted by Gasteiger charge is -2.35. The predicted octanol–water partition coefficient (Wildman–Crippen LogP) is 2.40. The fourth-order valence-electron chi connectivity index (χ4n) is 3.33. The lowest BCUT2D eigenvalue weighted by molar-refractivity contribution is -0.140. The zero-order valence-electron chi connectivity index (χ0n) is 15.0. The highest BCUT2D eigenvalue weighted by atomic mass is 32.2. The van der Waals surface area contributed by atoms with Gasteiger partial charge in [-0.3, -0.25) is 14.3 Å². The second kappa shape index (κ2) is 7.36. The highest BCUT2D eigenvalue weighted by Gasteiger charge is 2.31. The van der Waals surface area contributed by atoms with Crippen LogP contribution >= 0.6 is 11.8 Å². The fraction of sp³-hybridized carbons (Fsp3) is 0.556. The lowest BCUT2D eigenvalue weighted by atomic mass is 10.2. The number of amides is 1. The van der Waals surface area contributed by atoms with E-state index in [1.54, 1.807) is 12.4 Å². The number of rotatable bonds is 5. The van der Waals surface area contributed by atoms with Crippen molar-refractivity contribution in [3.05, 3.63) is 24.5 Å². The Hall–Kier alpha value is -1.93. The van der Waals surface area contributed by atoms with Gasteiger partial charge in [-0.15, -0.1) is 10.2 Å². The molecule has 1 amide bonds. The van der Waals surface area contributed by atoms with Crippen molar-refractivity contribution in [2.75, 3.05) is 18.8 Å². The largest absolute Gasteiger partial charge is 0.372 e. The number of pyridine rings is 1. The standard InChI is InChI=1S/C18H23N5O2S/c1-12-9-22(10-13(2)25-12)16(24)11-26-18-21-20-17(23(18)15-3-4-15)14-5-7-19-8-6-14/h5-8,12-13,15H,3-4,9-11H2,1-2H3/t12-,13-/m1/s1. The molecule has 26 heavy (non-hydrogen) atoms. The van der Waals surface area contributed by atoms with Gasteiger partial charge in [-0.1, -0.05) is 11.8 Å². The average Bonchev–Trinajstić information content (AvgIpc) is 3.38. The SMILES string of the molecule is C[C@@H]1CN(C(=O)CSc2nnc(-c3ccncc3)n2C2CC2)C[C@@H](C)O1. The van der Waals surface area contributed by atoms with Gasteiger partial charge in [0.05, 0.1) is 18.0 Å². The minimum absolute atomic E-state index is 0.0844. The van der Waals surface area contributed by atoms with Crippen LogP contribution in [0.1, 0.15) is 32.7 Å². The van der Waals surface area contributed by atoms with Gasteiger partial charge in [0, 0.05) is 37.1 Å². The Morgan fingerprint density at radius 2 is 1.88 bits per heavy atom. The summed E-state index contributed by atoms with van der Waals surface area (Å²) >= 11 is 1.48. The summed E-state index contributed by atoms with van der Waals surface area (Å²) < 4.78 is 7.89. The number of morpholine rings is 1. The number of hydrogen-bond donors (Lipinski definition) is 0. The maximum absolute atomic E-state index is 12.6. The van der Waals surface area contributed by atoms with E-state index >= 15 is 0 Å². The van der Waals surface area contributed by atoms with Crippen molar-refractivity contribution < 1.29 is 9.53 Å². The number of thioether (sulfide) groups is 1. The van der Waals surface area contributed by atoms with Crippen molar-refractivity contribution in [2.24, 2.45) is 0 Å². The third-order valence-corrected chi connectivity index (χ3v) is 5.54. The van der Waals surface area contributed by atoms with E-state index in [1.165, 1.54) is 11.8 Å². The van der Waals surface area contributed by atoms with Gasteiger partial charge in [0.15, 0.2) is 11.0 Å². The molecule has 1 saturated carbocycles. The quantitative estimate of drug-likeness (QED) is 0.750. The summed E-state index contributed by atoms with van der Waals surface area (Å²) in [7, 11) is 0. The Bertz CT molecular complexity index is 767. The number of aromatic nitrogens is 4. The Morgan fingerprint density at radius 3 is 2.54 bits per heavy atom. The van der Waals surface area contributed by atoms with E-state index < -0.39 is 0 Å². The summed E-state index contributed by atoms with van der Waals surface area (Å²) in [5.41, 5.74) is 1.01. The van der Waals surface area contributed by atoms with Crippen molar-refractivity contribution >= 4 is 17.7 Å². The Morgan fingerprint density at radius 1 is 1.19 bits per heavy atom. The molecule has 1 aliphatic carbocycles. The van der Waals surface area contributed by atoms with Crippen LogP contribution in [0.5, 0.6) is 0 Å². The van der Waals surface area contributed by atoms with E-state index in [0.717, 1.165) is 29.4 Å². The summed E-state index contributed by atoms with van der Waals surface area (Å²) in [4.78, 5) is 18.6. The Labute approximate surface area is 157 Å². The molecule has 2 fully saturated rings. The van der Waals surface area contributed by atoms with Crippen LogP contribution in [-0.4, -0.2) is 61.6 Å². The van der Waals surface area contributed by atoms with Gasteiger partial charge in [-0.05, 0) is 38.8 Å². The first-order chi connectivity index (χ1) is 12.6. The van der Waals surface area contributed by atoms with Gasteiger partial charge in [0.25, 0.3) is 0 Å². The normalized spacial score (nSPS) is 23.2. The van der Waals surface area contributed by atoms with Crippen LogP contribution in [0, 0.1) is 0 Å². The maximum Gasteiger partial charge on any atom is 0.233 e. The number of nitrogens with zero attached hydrogens (tertiary/aromatic N) is 5. The average molecular weight is 373 g/mol. The van der Waals surface area contributed by atoms with E-state index in [2.05, 4.69) is 19.7 Å². The van der Waals surface area contributed by atoms with Gasteiger partial charge in [0.1, 0.15) is 0 Å². The smallest absolute Gasteiger partial charge is 0.233 e. The predicted molar refractivity (Wildman–Crippen MR) is 98.8 cm³/mol. The number of ether oxygens (including phenoxy) is 1. The molecule has 1 saturated heterocycles. The molecule has 2 atom stereocenters. The van der Waals surface area contributed by atoms with E-state index in [0.29, 0.717) is 24.9 Å². The number of hydrogen-bond acceptors (Lipinski definition) is 6. The second-order valence-electron chi connectivity index (χ2n) is 6.99. The molecule has 7 nitrogen and oxygen atoms in total. The summed E-state index contributed by atoms with van der Waals surface area (Å²) in [6, 6.07) is 4.33. The highest BCUT2D eigenvalue weighted by molar-refractivity contribution is 7.99. The zero-order chi connectivity index (χ0) is 18.1. The summed E-state index contributed by atoms with van der Waals surface area (Å²) in [5.74, 6) is 1.37. The molecule has 2 aliphatic rings. The molecule has 138 valence electrons. The topological polar surface area (TPSA) is 73.1 Å². The third-order valence-electron chi connectivity index (χ3n) is 4.61. The molecule has 2 aromatic heterocycles. The zero-order valence-corrected chi connectivity index (χ0v) is 15.9. The van der Waals surface area contributed by atoms with E-state index in [-0.39, 0.29) is 18.1 Å². The molecule has 1 aliphatic heterocycles. The van der Waals surface area contributed by atoms with Crippen LogP contribution in [0.15, 0.2) is 29.7 Å². The Balaban J connectivity index is 1.47. The molecule has 0 spiro atoms. The van der Waals surface area contributed by atoms with Crippen molar-refractivity contribution in [3.63, 3.8) is 0 Å². The lowest BCUT2D eigenvalue weighted by Crippen LogP contribution is -2.48. The third kappa shape index (κ3) is 3.76. The van der Waals surface area contributed by atoms with Crippen LogP contribution < -0.4 is 0 Å². The first-order valence-electron chi connectivity index (χ1n) is 9.03. The van der Waals surface area contributed by atoms with Gasteiger partial charge in [-0.2, -0.15) is 0 Å². The van der Waals surface area contributed by atoms with E-state index in [4.69, 9.17) is 4.74 Å². The summed E-state index contributed by atoms with van der Waals surface area (Å²) in [6.45, 7) is 5.32. The first-order valence-corrected chi connectivity index (χ1v) is 10.0. The maximum atomic E-state index is 12.6. The molecule has 8 heteroatoms. The summed E-state index contributed by atoms with van der Waals surface area (Å²) in [6.07, 6.45) is 5.96. The number of carbonyl (C=O) groups excluding carboxylic acids is 1. The summed E-state index contributed by atoms with van der Waals surface area (Å²) in [5, 5.41) is 9.56. The molecular formula is C18H23N5O2S. The highest BCUT2D eigenvalue weighted by Crippen LogP contribution is 2.41. The van der Waals surface area contributed by atoms with Gasteiger partial charge >= 0.3 is 0 Å². The van der Waals surface area contributed by atoms with Crippen molar-refractivity contribution in [3.8, 4) is 11.4 Å². The molecular weight excluding hydrogens is 350 g/mol. The van der Waals surface area contributed by atoms with Crippen LogP contribution in [-0.2, 0) is 9.53 Å². The van der Waals surface area contributed by atoms with Gasteiger partial charge in [0.2, 0.25) is 5.91 Å². The van der Waals surface area contributed by atoms with Crippen LogP contribution in [0.2, 0.25) is 0 Å². The van der Waals surface area contributed by atoms with Crippen LogP contribution in [0.4, 0.5) is 0 Å². The van der Waals surface area contributed by atoms with Crippen LogP contribution in [0.3, 0.4) is 0 Å². The molecule has 3 heterocycles. The molecule has 0 radical (unpaired) electrons. The molecule has 0 bridgehead atoms. The van der Waals surface area contributed by atoms with Gasteiger partial charge < -0.3 is 9.64 Å². The van der Waals surface area contributed by atoms with E-state index in [1.807, 2.05) is 30.9 Å². The molecule has 2 aromatic rings. The molecule has 0 N–H and O–H groups in total. The molecule has 4 rings (SSSR count). The van der Waals surface area contributed by atoms with Crippen molar-refractivity contribution in [1.29, 1.82) is 0 Å². The van der Waals surface area contributed by atoms with E-state index in [9.17, 15) is 4.79 Å². The molecule has 0 aromatic carbocycles. The fourth-order valence-corrected chi connectivity index (χ4v) is 4.24. The van der Waals surface area contributed by atoms with Crippen molar-refractivity contribution in [2.45, 2.75) is 50.1 Å². The van der Waals surface area contributed by atoms with Gasteiger partial charge in [-0.25, -0.2) is 0 Å². The first kappa shape index (κ1) is 17.5. The monoisotopic (exact) mass is 373 g/mol. The minimum atomic E-state index is 0.0844. The number of carbonyl (C=O) groups is 1. The minimum Gasteiger partial charge on any atom is -0.372 e. The van der Waals surface area contributed by atoms with Crippen LogP contribution in [0.25, 0.3) is 11.4 Å². The Kier molecular flexibility index (Phi) is 4.95.